The third-order valence-corrected chi connectivity index (χ3v) is 2.74. The summed E-state index contributed by atoms with van der Waals surface area (Å²) >= 11 is 0. The maximum absolute atomic E-state index is 11.2. The van der Waals surface area contributed by atoms with E-state index in [1.54, 1.807) is 4.90 Å². The SMILES string of the molecule is CN1CC(NC2COC2)CCC1=O. The molecule has 0 saturated carbocycles. The first-order valence-corrected chi connectivity index (χ1v) is 4.83. The van der Waals surface area contributed by atoms with E-state index in [0.717, 1.165) is 26.2 Å². The maximum Gasteiger partial charge on any atom is 0.222 e. The van der Waals surface area contributed by atoms with Gasteiger partial charge in [-0.1, -0.05) is 0 Å². The molecule has 0 aromatic carbocycles. The van der Waals surface area contributed by atoms with Gasteiger partial charge in [-0.15, -0.1) is 0 Å². The van der Waals surface area contributed by atoms with Crippen molar-refractivity contribution in [1.29, 1.82) is 0 Å². The first-order chi connectivity index (χ1) is 6.25. The summed E-state index contributed by atoms with van der Waals surface area (Å²) in [7, 11) is 1.87. The topological polar surface area (TPSA) is 41.6 Å². The van der Waals surface area contributed by atoms with E-state index in [1.807, 2.05) is 7.05 Å². The van der Waals surface area contributed by atoms with Crippen molar-refractivity contribution in [2.75, 3.05) is 26.8 Å². The zero-order valence-electron chi connectivity index (χ0n) is 7.95. The van der Waals surface area contributed by atoms with Crippen LogP contribution in [0.15, 0.2) is 0 Å². The van der Waals surface area contributed by atoms with E-state index in [-0.39, 0.29) is 5.91 Å². The highest BCUT2D eigenvalue weighted by molar-refractivity contribution is 5.76. The third-order valence-electron chi connectivity index (χ3n) is 2.74. The smallest absolute Gasteiger partial charge is 0.222 e. The Balaban J connectivity index is 1.77. The van der Waals surface area contributed by atoms with Gasteiger partial charge in [-0.05, 0) is 6.42 Å². The van der Waals surface area contributed by atoms with Crippen LogP contribution in [0.3, 0.4) is 0 Å². The second kappa shape index (κ2) is 3.64. The fraction of sp³-hybridized carbons (Fsp3) is 0.889. The quantitative estimate of drug-likeness (QED) is 0.634. The lowest BCUT2D eigenvalue weighted by Gasteiger charge is -2.36. The van der Waals surface area contributed by atoms with Gasteiger partial charge in [0.15, 0.2) is 0 Å². The Morgan fingerprint density at radius 2 is 2.23 bits per heavy atom. The van der Waals surface area contributed by atoms with Crippen LogP contribution in [-0.2, 0) is 9.53 Å². The molecule has 1 unspecified atom stereocenters. The Labute approximate surface area is 78.2 Å². The number of nitrogens with one attached hydrogen (secondary N) is 1. The van der Waals surface area contributed by atoms with Crippen LogP contribution in [0.5, 0.6) is 0 Å². The molecule has 2 heterocycles. The highest BCUT2D eigenvalue weighted by Crippen LogP contribution is 2.12. The summed E-state index contributed by atoms with van der Waals surface area (Å²) in [5.74, 6) is 0.267. The monoisotopic (exact) mass is 184 g/mol. The van der Waals surface area contributed by atoms with Crippen LogP contribution in [0.2, 0.25) is 0 Å². The number of hydrogen-bond acceptors (Lipinski definition) is 3. The van der Waals surface area contributed by atoms with Crippen LogP contribution in [0.25, 0.3) is 0 Å². The summed E-state index contributed by atoms with van der Waals surface area (Å²) in [6.45, 7) is 2.50. The Morgan fingerprint density at radius 1 is 1.46 bits per heavy atom. The molecule has 0 radical (unpaired) electrons. The molecule has 0 aromatic heterocycles. The summed E-state index contributed by atoms with van der Waals surface area (Å²) in [4.78, 5) is 13.0. The summed E-state index contributed by atoms with van der Waals surface area (Å²) in [5, 5.41) is 3.49. The van der Waals surface area contributed by atoms with Gasteiger partial charge in [0.1, 0.15) is 0 Å². The van der Waals surface area contributed by atoms with Crippen LogP contribution in [0.4, 0.5) is 0 Å². The minimum Gasteiger partial charge on any atom is -0.378 e. The van der Waals surface area contributed by atoms with Gasteiger partial charge in [0, 0.05) is 26.1 Å². The molecule has 13 heavy (non-hydrogen) atoms. The Morgan fingerprint density at radius 3 is 2.77 bits per heavy atom. The second-order valence-corrected chi connectivity index (χ2v) is 3.91. The average molecular weight is 184 g/mol. The number of rotatable bonds is 2. The van der Waals surface area contributed by atoms with Gasteiger partial charge in [0.2, 0.25) is 5.91 Å². The van der Waals surface area contributed by atoms with Gasteiger partial charge >= 0.3 is 0 Å². The van der Waals surface area contributed by atoms with Crippen molar-refractivity contribution in [3.05, 3.63) is 0 Å². The maximum atomic E-state index is 11.2. The van der Waals surface area contributed by atoms with Gasteiger partial charge < -0.3 is 15.0 Å². The second-order valence-electron chi connectivity index (χ2n) is 3.91. The first-order valence-electron chi connectivity index (χ1n) is 4.83. The summed E-state index contributed by atoms with van der Waals surface area (Å²) in [6, 6.07) is 0.989. The van der Waals surface area contributed by atoms with E-state index >= 15 is 0 Å². The lowest BCUT2D eigenvalue weighted by molar-refractivity contribution is -0.132. The van der Waals surface area contributed by atoms with Crippen LogP contribution in [0, 0.1) is 0 Å². The van der Waals surface area contributed by atoms with Crippen molar-refractivity contribution in [2.24, 2.45) is 0 Å². The van der Waals surface area contributed by atoms with Crippen molar-refractivity contribution >= 4 is 5.91 Å². The van der Waals surface area contributed by atoms with Crippen molar-refractivity contribution in [1.82, 2.24) is 10.2 Å². The van der Waals surface area contributed by atoms with Gasteiger partial charge in [-0.2, -0.15) is 0 Å². The number of amides is 1. The van der Waals surface area contributed by atoms with E-state index in [2.05, 4.69) is 5.32 Å². The predicted molar refractivity (Wildman–Crippen MR) is 48.4 cm³/mol. The number of likely N-dealkylation sites (tertiary alicyclic amines) is 1. The number of piperidine rings is 1. The molecule has 2 fully saturated rings. The normalized spacial score (nSPS) is 30.4. The van der Waals surface area contributed by atoms with Crippen LogP contribution >= 0.6 is 0 Å². The molecular formula is C9H16N2O2. The molecule has 0 bridgehead atoms. The average Bonchev–Trinajstić information content (AvgIpc) is 2.04. The molecule has 2 aliphatic heterocycles. The molecule has 1 amide bonds. The highest BCUT2D eigenvalue weighted by Gasteiger charge is 2.27. The van der Waals surface area contributed by atoms with Crippen molar-refractivity contribution < 1.29 is 9.53 Å². The minimum absolute atomic E-state index is 0.267. The summed E-state index contributed by atoms with van der Waals surface area (Å²) < 4.78 is 5.08. The molecule has 2 rings (SSSR count). The third kappa shape index (κ3) is 2.00. The van der Waals surface area contributed by atoms with Crippen molar-refractivity contribution in [3.63, 3.8) is 0 Å². The van der Waals surface area contributed by atoms with E-state index in [4.69, 9.17) is 4.74 Å². The molecule has 4 nitrogen and oxygen atoms in total. The standard InChI is InChI=1S/C9H16N2O2/c1-11-4-7(2-3-9(11)12)10-8-5-13-6-8/h7-8,10H,2-6H2,1H3. The van der Waals surface area contributed by atoms with Crippen LogP contribution in [-0.4, -0.2) is 49.7 Å². The molecule has 0 spiro atoms. The van der Waals surface area contributed by atoms with Gasteiger partial charge in [-0.25, -0.2) is 0 Å². The molecule has 2 aliphatic rings. The number of ether oxygens (including phenoxy) is 1. The van der Waals surface area contributed by atoms with E-state index in [1.165, 1.54) is 0 Å². The zero-order valence-corrected chi connectivity index (χ0v) is 7.95. The Bertz CT molecular complexity index is 204. The lowest BCUT2D eigenvalue weighted by atomic mass is 10.0. The van der Waals surface area contributed by atoms with Crippen LogP contribution in [0.1, 0.15) is 12.8 Å². The Kier molecular flexibility index (Phi) is 2.51. The number of carbonyl (C=O) groups excluding carboxylic acids is 1. The van der Waals surface area contributed by atoms with Crippen LogP contribution < -0.4 is 5.32 Å². The highest BCUT2D eigenvalue weighted by atomic mass is 16.5. The van der Waals surface area contributed by atoms with E-state index in [9.17, 15) is 4.79 Å². The number of carbonyl (C=O) groups is 1. The molecule has 1 N–H and O–H groups in total. The number of nitrogens with zero attached hydrogens (tertiary/aromatic N) is 1. The fourth-order valence-corrected chi connectivity index (χ4v) is 1.81. The molecule has 4 heteroatoms. The van der Waals surface area contributed by atoms with E-state index in [0.29, 0.717) is 18.5 Å². The van der Waals surface area contributed by atoms with Gasteiger partial charge in [0.25, 0.3) is 0 Å². The summed E-state index contributed by atoms with van der Waals surface area (Å²) in [6.07, 6.45) is 1.65. The van der Waals surface area contributed by atoms with E-state index < -0.39 is 0 Å². The fourth-order valence-electron chi connectivity index (χ4n) is 1.81. The zero-order chi connectivity index (χ0) is 9.26. The first kappa shape index (κ1) is 8.97. The number of likely N-dealkylation sites (N-methyl/N-ethyl adjacent to an activating group) is 1. The van der Waals surface area contributed by atoms with Crippen molar-refractivity contribution in [3.8, 4) is 0 Å². The number of hydrogen-bond donors (Lipinski definition) is 1. The molecule has 74 valence electrons. The molecule has 1 atom stereocenters. The lowest BCUT2D eigenvalue weighted by Crippen LogP contribution is -2.55. The molecular weight excluding hydrogens is 168 g/mol. The van der Waals surface area contributed by atoms with Crippen molar-refractivity contribution in [2.45, 2.75) is 24.9 Å². The molecule has 2 saturated heterocycles. The molecule has 0 aliphatic carbocycles. The van der Waals surface area contributed by atoms with Gasteiger partial charge in [0.05, 0.1) is 19.3 Å². The minimum atomic E-state index is 0.267. The van der Waals surface area contributed by atoms with Gasteiger partial charge in [-0.3, -0.25) is 4.79 Å². The largest absolute Gasteiger partial charge is 0.378 e. The molecule has 0 aromatic rings. The predicted octanol–water partition coefficient (Wildman–Crippen LogP) is -0.404. The Hall–Kier alpha value is -0.610. The summed E-state index contributed by atoms with van der Waals surface area (Å²) in [5.41, 5.74) is 0.